The second-order valence-corrected chi connectivity index (χ2v) is 4.90. The SMILES string of the molecule is O=C(CCCl)N1CCCC12CCCC2. The molecule has 1 spiro atoms. The predicted molar refractivity (Wildman–Crippen MR) is 57.5 cm³/mol. The van der Waals surface area contributed by atoms with Crippen molar-refractivity contribution >= 4 is 17.5 Å². The summed E-state index contributed by atoms with van der Waals surface area (Å²) in [6.07, 6.45) is 7.97. The van der Waals surface area contributed by atoms with E-state index >= 15 is 0 Å². The van der Waals surface area contributed by atoms with E-state index in [9.17, 15) is 4.79 Å². The maximum atomic E-state index is 11.8. The number of halogens is 1. The fraction of sp³-hybridized carbons (Fsp3) is 0.909. The minimum Gasteiger partial charge on any atom is -0.337 e. The average Bonchev–Trinajstić information content (AvgIpc) is 2.78. The van der Waals surface area contributed by atoms with E-state index in [1.807, 2.05) is 0 Å². The Bertz CT molecular complexity index is 218. The highest BCUT2D eigenvalue weighted by Gasteiger charge is 2.44. The van der Waals surface area contributed by atoms with Crippen LogP contribution >= 0.6 is 11.6 Å². The van der Waals surface area contributed by atoms with Gasteiger partial charge in [-0.15, -0.1) is 11.6 Å². The molecule has 2 aliphatic rings. The van der Waals surface area contributed by atoms with Crippen LogP contribution in [0.2, 0.25) is 0 Å². The zero-order valence-corrected chi connectivity index (χ0v) is 9.35. The summed E-state index contributed by atoms with van der Waals surface area (Å²) < 4.78 is 0. The number of hydrogen-bond donors (Lipinski definition) is 0. The van der Waals surface area contributed by atoms with Crippen LogP contribution in [0.3, 0.4) is 0 Å². The van der Waals surface area contributed by atoms with Crippen LogP contribution in [-0.4, -0.2) is 28.8 Å². The molecule has 1 heterocycles. The van der Waals surface area contributed by atoms with Crippen LogP contribution in [0.25, 0.3) is 0 Å². The third-order valence-electron chi connectivity index (χ3n) is 3.74. The zero-order valence-electron chi connectivity index (χ0n) is 8.60. The largest absolute Gasteiger partial charge is 0.337 e. The lowest BCUT2D eigenvalue weighted by atomic mass is 9.94. The maximum Gasteiger partial charge on any atom is 0.224 e. The molecule has 0 bridgehead atoms. The Balaban J connectivity index is 2.06. The van der Waals surface area contributed by atoms with Crippen LogP contribution in [0.1, 0.15) is 44.9 Å². The topological polar surface area (TPSA) is 20.3 Å². The van der Waals surface area contributed by atoms with Crippen LogP contribution in [0, 0.1) is 0 Å². The molecule has 1 aliphatic carbocycles. The van der Waals surface area contributed by atoms with Crippen molar-refractivity contribution in [1.29, 1.82) is 0 Å². The van der Waals surface area contributed by atoms with E-state index in [2.05, 4.69) is 4.90 Å². The van der Waals surface area contributed by atoms with E-state index in [1.54, 1.807) is 0 Å². The van der Waals surface area contributed by atoms with Gasteiger partial charge in [0.25, 0.3) is 0 Å². The van der Waals surface area contributed by atoms with Gasteiger partial charge in [0.1, 0.15) is 0 Å². The molecule has 2 nitrogen and oxygen atoms in total. The molecular weight excluding hydrogens is 198 g/mol. The highest BCUT2D eigenvalue weighted by atomic mass is 35.5. The lowest BCUT2D eigenvalue weighted by Crippen LogP contribution is -2.45. The van der Waals surface area contributed by atoms with Gasteiger partial charge in [-0.3, -0.25) is 4.79 Å². The van der Waals surface area contributed by atoms with Gasteiger partial charge < -0.3 is 4.90 Å². The van der Waals surface area contributed by atoms with Gasteiger partial charge in [-0.1, -0.05) is 12.8 Å². The molecule has 0 aromatic heterocycles. The smallest absolute Gasteiger partial charge is 0.224 e. The van der Waals surface area contributed by atoms with Gasteiger partial charge >= 0.3 is 0 Å². The molecule has 0 radical (unpaired) electrons. The van der Waals surface area contributed by atoms with Gasteiger partial charge in [-0.25, -0.2) is 0 Å². The van der Waals surface area contributed by atoms with Crippen LogP contribution in [0.15, 0.2) is 0 Å². The summed E-state index contributed by atoms with van der Waals surface area (Å²) in [7, 11) is 0. The Labute approximate surface area is 90.6 Å². The number of rotatable bonds is 2. The lowest BCUT2D eigenvalue weighted by molar-refractivity contribution is -0.134. The van der Waals surface area contributed by atoms with Crippen molar-refractivity contribution in [3.05, 3.63) is 0 Å². The van der Waals surface area contributed by atoms with Crippen molar-refractivity contribution in [2.75, 3.05) is 12.4 Å². The number of carbonyl (C=O) groups excluding carboxylic acids is 1. The van der Waals surface area contributed by atoms with Crippen LogP contribution in [0.5, 0.6) is 0 Å². The van der Waals surface area contributed by atoms with E-state index in [-0.39, 0.29) is 11.4 Å². The zero-order chi connectivity index (χ0) is 10.0. The fourth-order valence-corrected chi connectivity index (χ4v) is 3.26. The molecule has 2 fully saturated rings. The van der Waals surface area contributed by atoms with E-state index in [4.69, 9.17) is 11.6 Å². The Kier molecular flexibility index (Phi) is 3.01. The van der Waals surface area contributed by atoms with Gasteiger partial charge in [-0.2, -0.15) is 0 Å². The molecule has 14 heavy (non-hydrogen) atoms. The first-order valence-corrected chi connectivity index (χ1v) is 6.18. The molecule has 1 saturated heterocycles. The molecule has 2 rings (SSSR count). The Morgan fingerprint density at radius 3 is 2.50 bits per heavy atom. The maximum absolute atomic E-state index is 11.8. The van der Waals surface area contributed by atoms with Gasteiger partial charge in [-0.05, 0) is 25.7 Å². The number of amides is 1. The number of likely N-dealkylation sites (tertiary alicyclic amines) is 1. The van der Waals surface area contributed by atoms with Crippen molar-refractivity contribution in [3.63, 3.8) is 0 Å². The van der Waals surface area contributed by atoms with Gasteiger partial charge in [0.2, 0.25) is 5.91 Å². The van der Waals surface area contributed by atoms with Crippen molar-refractivity contribution in [2.24, 2.45) is 0 Å². The van der Waals surface area contributed by atoms with Gasteiger partial charge in [0, 0.05) is 24.4 Å². The van der Waals surface area contributed by atoms with Crippen LogP contribution in [-0.2, 0) is 4.79 Å². The molecular formula is C11H18ClNO. The average molecular weight is 216 g/mol. The van der Waals surface area contributed by atoms with Crippen LogP contribution < -0.4 is 0 Å². The quantitative estimate of drug-likeness (QED) is 0.649. The van der Waals surface area contributed by atoms with Crippen molar-refractivity contribution in [2.45, 2.75) is 50.5 Å². The first-order valence-electron chi connectivity index (χ1n) is 5.65. The minimum atomic E-state index is 0.253. The highest BCUT2D eigenvalue weighted by Crippen LogP contribution is 2.43. The Morgan fingerprint density at radius 1 is 1.21 bits per heavy atom. The fourth-order valence-electron chi connectivity index (χ4n) is 3.10. The Hall–Kier alpha value is -0.240. The molecule has 1 saturated carbocycles. The molecule has 3 heteroatoms. The molecule has 1 amide bonds. The predicted octanol–water partition coefficient (Wildman–Crippen LogP) is 2.55. The summed E-state index contributed by atoms with van der Waals surface area (Å²) in [5.41, 5.74) is 0.253. The van der Waals surface area contributed by atoms with E-state index < -0.39 is 0 Å². The summed E-state index contributed by atoms with van der Waals surface area (Å²) in [4.78, 5) is 14.0. The monoisotopic (exact) mass is 215 g/mol. The summed E-state index contributed by atoms with van der Waals surface area (Å²) in [5, 5.41) is 0. The number of carbonyl (C=O) groups is 1. The number of nitrogens with zero attached hydrogens (tertiary/aromatic N) is 1. The summed E-state index contributed by atoms with van der Waals surface area (Å²) in [6, 6.07) is 0. The van der Waals surface area contributed by atoms with Crippen LogP contribution in [0.4, 0.5) is 0 Å². The molecule has 0 atom stereocenters. The van der Waals surface area contributed by atoms with Gasteiger partial charge in [0.05, 0.1) is 0 Å². The third kappa shape index (κ3) is 1.65. The van der Waals surface area contributed by atoms with Crippen molar-refractivity contribution in [3.8, 4) is 0 Å². The first kappa shape index (κ1) is 10.3. The number of hydrogen-bond acceptors (Lipinski definition) is 1. The highest BCUT2D eigenvalue weighted by molar-refractivity contribution is 6.18. The summed E-state index contributed by atoms with van der Waals surface area (Å²) in [6.45, 7) is 0.968. The number of alkyl halides is 1. The molecule has 0 aromatic carbocycles. The third-order valence-corrected chi connectivity index (χ3v) is 3.93. The minimum absolute atomic E-state index is 0.253. The molecule has 0 aromatic rings. The summed E-state index contributed by atoms with van der Waals surface area (Å²) in [5.74, 6) is 0.741. The second kappa shape index (κ2) is 4.09. The van der Waals surface area contributed by atoms with Crippen molar-refractivity contribution in [1.82, 2.24) is 4.90 Å². The van der Waals surface area contributed by atoms with Crippen molar-refractivity contribution < 1.29 is 4.79 Å². The van der Waals surface area contributed by atoms with E-state index in [0.29, 0.717) is 12.3 Å². The van der Waals surface area contributed by atoms with E-state index in [1.165, 1.54) is 38.5 Å². The van der Waals surface area contributed by atoms with E-state index in [0.717, 1.165) is 6.54 Å². The molecule has 0 unspecified atom stereocenters. The lowest BCUT2D eigenvalue weighted by Gasteiger charge is -2.35. The standard InChI is InChI=1S/C11H18ClNO/c12-8-4-10(14)13-9-3-7-11(13)5-1-2-6-11/h1-9H2. The molecule has 80 valence electrons. The van der Waals surface area contributed by atoms with Gasteiger partial charge in [0.15, 0.2) is 0 Å². The second-order valence-electron chi connectivity index (χ2n) is 4.52. The summed E-state index contributed by atoms with van der Waals surface area (Å²) >= 11 is 5.62. The Morgan fingerprint density at radius 2 is 1.86 bits per heavy atom. The first-order chi connectivity index (χ1) is 6.78. The normalized spacial score (nSPS) is 24.8. The molecule has 0 N–H and O–H groups in total. The molecule has 1 aliphatic heterocycles.